The number of non-ortho nitro benzene ring substituents is 1. The number of benzene rings is 1. The van der Waals surface area contributed by atoms with Crippen LogP contribution in [0.1, 0.15) is 0 Å². The molecular formula is C14H9N5O3. The maximum absolute atomic E-state index is 12.1. The summed E-state index contributed by atoms with van der Waals surface area (Å²) >= 11 is 0. The minimum absolute atomic E-state index is 0.0170. The molecule has 108 valence electrons. The standard InChI is InChI=1S/C14H9N5O3/c20-14-12(9-4-3-5-10(8-9)19(21)22)17-18-13(16-14)11-6-1-2-7-15-11/h1-8H,(H,16,18,20). The van der Waals surface area contributed by atoms with Gasteiger partial charge >= 0.3 is 0 Å². The summed E-state index contributed by atoms with van der Waals surface area (Å²) in [4.78, 5) is 29.0. The van der Waals surface area contributed by atoms with Crippen molar-refractivity contribution in [2.75, 3.05) is 0 Å². The van der Waals surface area contributed by atoms with Gasteiger partial charge in [0.25, 0.3) is 11.2 Å². The molecule has 1 N–H and O–H groups in total. The second kappa shape index (κ2) is 5.52. The highest BCUT2D eigenvalue weighted by molar-refractivity contribution is 5.62. The molecule has 0 aliphatic carbocycles. The highest BCUT2D eigenvalue weighted by Crippen LogP contribution is 2.19. The lowest BCUT2D eigenvalue weighted by Crippen LogP contribution is -2.14. The van der Waals surface area contributed by atoms with Gasteiger partial charge in [-0.05, 0) is 12.1 Å². The SMILES string of the molecule is O=c1[nH]c(-c2ccccn2)nnc1-c1cccc([N+](=O)[O-])c1. The van der Waals surface area contributed by atoms with Crippen molar-refractivity contribution < 1.29 is 4.92 Å². The van der Waals surface area contributed by atoms with Gasteiger partial charge in [-0.25, -0.2) is 0 Å². The molecule has 0 atom stereocenters. The van der Waals surface area contributed by atoms with Crippen LogP contribution in [0.2, 0.25) is 0 Å². The Morgan fingerprint density at radius 1 is 1.09 bits per heavy atom. The van der Waals surface area contributed by atoms with E-state index in [0.29, 0.717) is 11.3 Å². The summed E-state index contributed by atoms with van der Waals surface area (Å²) in [7, 11) is 0. The van der Waals surface area contributed by atoms with E-state index in [1.807, 2.05) is 0 Å². The Bertz CT molecular complexity index is 892. The molecule has 0 aliphatic heterocycles. The summed E-state index contributed by atoms with van der Waals surface area (Å²) in [6.45, 7) is 0. The number of H-pyrrole nitrogens is 1. The summed E-state index contributed by atoms with van der Waals surface area (Å²) in [6, 6.07) is 10.9. The number of nitrogens with one attached hydrogen (secondary N) is 1. The van der Waals surface area contributed by atoms with E-state index in [1.165, 1.54) is 18.2 Å². The molecule has 22 heavy (non-hydrogen) atoms. The lowest BCUT2D eigenvalue weighted by Gasteiger charge is -2.01. The van der Waals surface area contributed by atoms with Crippen molar-refractivity contribution in [3.63, 3.8) is 0 Å². The first-order valence-electron chi connectivity index (χ1n) is 6.28. The van der Waals surface area contributed by atoms with E-state index in [4.69, 9.17) is 0 Å². The number of hydrogen-bond donors (Lipinski definition) is 1. The molecule has 3 rings (SSSR count). The maximum atomic E-state index is 12.1. The number of pyridine rings is 1. The molecule has 3 aromatic rings. The Morgan fingerprint density at radius 3 is 2.64 bits per heavy atom. The van der Waals surface area contributed by atoms with Gasteiger partial charge in [-0.3, -0.25) is 19.9 Å². The molecule has 0 bridgehead atoms. The van der Waals surface area contributed by atoms with Crippen LogP contribution in [-0.2, 0) is 0 Å². The van der Waals surface area contributed by atoms with Gasteiger partial charge < -0.3 is 4.98 Å². The number of aromatic nitrogens is 4. The van der Waals surface area contributed by atoms with Crippen molar-refractivity contribution in [1.82, 2.24) is 20.2 Å². The number of hydrogen-bond acceptors (Lipinski definition) is 6. The maximum Gasteiger partial charge on any atom is 0.278 e. The second-order valence-electron chi connectivity index (χ2n) is 4.37. The van der Waals surface area contributed by atoms with Gasteiger partial charge in [0.15, 0.2) is 11.5 Å². The van der Waals surface area contributed by atoms with Crippen LogP contribution in [0.25, 0.3) is 22.8 Å². The van der Waals surface area contributed by atoms with Crippen LogP contribution in [-0.4, -0.2) is 25.1 Å². The number of rotatable bonds is 3. The number of nitro benzene ring substituents is 1. The van der Waals surface area contributed by atoms with Crippen LogP contribution in [0.5, 0.6) is 0 Å². The Kier molecular flexibility index (Phi) is 3.40. The van der Waals surface area contributed by atoms with Crippen molar-refractivity contribution in [2.45, 2.75) is 0 Å². The van der Waals surface area contributed by atoms with Crippen LogP contribution in [0.4, 0.5) is 5.69 Å². The predicted octanol–water partition coefficient (Wildman–Crippen LogP) is 1.80. The molecule has 0 saturated heterocycles. The van der Waals surface area contributed by atoms with E-state index in [1.54, 1.807) is 30.5 Å². The first-order chi connectivity index (χ1) is 10.6. The fourth-order valence-corrected chi connectivity index (χ4v) is 1.91. The third-order valence-electron chi connectivity index (χ3n) is 2.93. The average Bonchev–Trinajstić information content (AvgIpc) is 2.55. The molecule has 2 heterocycles. The van der Waals surface area contributed by atoms with Crippen LogP contribution >= 0.6 is 0 Å². The Hall–Kier alpha value is -3.42. The van der Waals surface area contributed by atoms with Gasteiger partial charge in [-0.2, -0.15) is 0 Å². The van der Waals surface area contributed by atoms with Crippen LogP contribution in [0.15, 0.2) is 53.5 Å². The normalized spacial score (nSPS) is 10.4. The molecule has 1 aromatic carbocycles. The van der Waals surface area contributed by atoms with Gasteiger partial charge in [-0.15, -0.1) is 10.2 Å². The van der Waals surface area contributed by atoms with E-state index in [2.05, 4.69) is 20.2 Å². The van der Waals surface area contributed by atoms with Crippen molar-refractivity contribution in [1.29, 1.82) is 0 Å². The van der Waals surface area contributed by atoms with E-state index in [0.717, 1.165) is 0 Å². The largest absolute Gasteiger partial charge is 0.302 e. The molecule has 2 aromatic heterocycles. The van der Waals surface area contributed by atoms with Gasteiger partial charge in [0.1, 0.15) is 5.69 Å². The zero-order valence-corrected chi connectivity index (χ0v) is 11.1. The lowest BCUT2D eigenvalue weighted by atomic mass is 10.1. The predicted molar refractivity (Wildman–Crippen MR) is 78.0 cm³/mol. The van der Waals surface area contributed by atoms with Crippen molar-refractivity contribution >= 4 is 5.69 Å². The lowest BCUT2D eigenvalue weighted by molar-refractivity contribution is -0.384. The minimum Gasteiger partial charge on any atom is -0.302 e. The smallest absolute Gasteiger partial charge is 0.278 e. The quantitative estimate of drug-likeness (QED) is 0.582. The average molecular weight is 295 g/mol. The zero-order valence-electron chi connectivity index (χ0n) is 11.1. The number of nitrogens with zero attached hydrogens (tertiary/aromatic N) is 4. The summed E-state index contributed by atoms with van der Waals surface area (Å²) in [6.07, 6.45) is 1.57. The Morgan fingerprint density at radius 2 is 1.95 bits per heavy atom. The molecule has 0 radical (unpaired) electrons. The third kappa shape index (κ3) is 2.57. The molecule has 0 amide bonds. The molecule has 0 fully saturated rings. The molecule has 0 saturated carbocycles. The monoisotopic (exact) mass is 295 g/mol. The highest BCUT2D eigenvalue weighted by atomic mass is 16.6. The molecule has 8 heteroatoms. The Balaban J connectivity index is 2.05. The van der Waals surface area contributed by atoms with E-state index < -0.39 is 10.5 Å². The summed E-state index contributed by atoms with van der Waals surface area (Å²) in [5.74, 6) is 0.236. The van der Waals surface area contributed by atoms with Crippen molar-refractivity contribution in [3.8, 4) is 22.8 Å². The number of aromatic amines is 1. The summed E-state index contributed by atoms with van der Waals surface area (Å²) in [5.41, 5.74) is 0.222. The third-order valence-corrected chi connectivity index (χ3v) is 2.93. The van der Waals surface area contributed by atoms with Gasteiger partial charge in [0.05, 0.1) is 4.92 Å². The zero-order chi connectivity index (χ0) is 15.5. The first kappa shape index (κ1) is 13.6. The van der Waals surface area contributed by atoms with E-state index >= 15 is 0 Å². The molecular weight excluding hydrogens is 286 g/mol. The molecule has 0 aliphatic rings. The molecule has 0 spiro atoms. The first-order valence-corrected chi connectivity index (χ1v) is 6.28. The molecule has 0 unspecified atom stereocenters. The van der Waals surface area contributed by atoms with Gasteiger partial charge in [0, 0.05) is 23.9 Å². The van der Waals surface area contributed by atoms with Gasteiger partial charge in [0.2, 0.25) is 0 Å². The number of nitro groups is 1. The van der Waals surface area contributed by atoms with E-state index in [9.17, 15) is 14.9 Å². The van der Waals surface area contributed by atoms with Crippen molar-refractivity contribution in [3.05, 3.63) is 69.1 Å². The van der Waals surface area contributed by atoms with Gasteiger partial charge in [-0.1, -0.05) is 18.2 Å². The fraction of sp³-hybridized carbons (Fsp3) is 0. The minimum atomic E-state index is -0.534. The highest BCUT2D eigenvalue weighted by Gasteiger charge is 2.13. The van der Waals surface area contributed by atoms with Crippen LogP contribution in [0, 0.1) is 10.1 Å². The van der Waals surface area contributed by atoms with Crippen molar-refractivity contribution in [2.24, 2.45) is 0 Å². The van der Waals surface area contributed by atoms with Crippen LogP contribution < -0.4 is 5.56 Å². The topological polar surface area (TPSA) is 115 Å². The summed E-state index contributed by atoms with van der Waals surface area (Å²) < 4.78 is 0. The summed E-state index contributed by atoms with van der Waals surface area (Å²) in [5, 5.41) is 18.6. The Labute approximate surface area is 123 Å². The van der Waals surface area contributed by atoms with Crippen LogP contribution in [0.3, 0.4) is 0 Å². The molecule has 8 nitrogen and oxygen atoms in total. The van der Waals surface area contributed by atoms with E-state index in [-0.39, 0.29) is 17.2 Å². The fourth-order valence-electron chi connectivity index (χ4n) is 1.91. The second-order valence-corrected chi connectivity index (χ2v) is 4.37.